The number of H-pyrrole nitrogens is 1. The van der Waals surface area contributed by atoms with Crippen molar-refractivity contribution in [1.29, 1.82) is 0 Å². The van der Waals surface area contributed by atoms with Gasteiger partial charge in [-0.25, -0.2) is 0 Å². The Balaban J connectivity index is 1.65. The average Bonchev–Trinajstić information content (AvgIpc) is 3.08. The highest BCUT2D eigenvalue weighted by molar-refractivity contribution is 6.35. The zero-order chi connectivity index (χ0) is 19.4. The first-order chi connectivity index (χ1) is 12.9. The van der Waals surface area contributed by atoms with E-state index >= 15 is 0 Å². The molecule has 138 valence electrons. The third kappa shape index (κ3) is 4.45. The fraction of sp³-hybridized carbons (Fsp3) is 0.105. The molecular weight excluding hydrogens is 370 g/mol. The molecular formula is C19H16ClN3O4. The Bertz CT molecular complexity index is 1010. The number of aromatic amines is 1. The summed E-state index contributed by atoms with van der Waals surface area (Å²) in [4.78, 5) is 37.7. The molecule has 0 radical (unpaired) electrons. The molecule has 0 fully saturated rings. The van der Waals surface area contributed by atoms with Crippen molar-refractivity contribution in [2.24, 2.45) is 0 Å². The van der Waals surface area contributed by atoms with Gasteiger partial charge in [-0.2, -0.15) is 0 Å². The molecule has 0 aliphatic carbocycles. The van der Waals surface area contributed by atoms with Crippen LogP contribution >= 0.6 is 11.6 Å². The fourth-order valence-electron chi connectivity index (χ4n) is 2.53. The summed E-state index contributed by atoms with van der Waals surface area (Å²) in [6, 6.07) is 13.4. The van der Waals surface area contributed by atoms with E-state index < -0.39 is 5.97 Å². The number of carbonyl (C=O) groups is 3. The van der Waals surface area contributed by atoms with E-state index in [4.69, 9.17) is 16.7 Å². The van der Waals surface area contributed by atoms with E-state index in [1.165, 1.54) is 0 Å². The van der Waals surface area contributed by atoms with Gasteiger partial charge in [0.05, 0.1) is 17.0 Å². The highest BCUT2D eigenvalue weighted by atomic mass is 35.5. The molecule has 3 aromatic rings. The molecule has 3 rings (SSSR count). The van der Waals surface area contributed by atoms with Gasteiger partial charge in [-0.15, -0.1) is 0 Å². The van der Waals surface area contributed by atoms with E-state index in [1.807, 2.05) is 6.07 Å². The van der Waals surface area contributed by atoms with Crippen LogP contribution in [-0.4, -0.2) is 34.4 Å². The fourth-order valence-corrected chi connectivity index (χ4v) is 2.76. The number of carbonyl (C=O) groups excluding carboxylic acids is 2. The Labute approximate surface area is 159 Å². The molecule has 0 saturated heterocycles. The minimum absolute atomic E-state index is 0.0512. The van der Waals surface area contributed by atoms with Gasteiger partial charge in [0, 0.05) is 23.2 Å². The third-order valence-corrected chi connectivity index (χ3v) is 4.19. The summed E-state index contributed by atoms with van der Waals surface area (Å²) in [5.41, 5.74) is 1.95. The number of carboxylic acid groups (broad SMARTS) is 1. The van der Waals surface area contributed by atoms with E-state index in [-0.39, 0.29) is 24.8 Å². The summed E-state index contributed by atoms with van der Waals surface area (Å²) < 4.78 is 0. The Morgan fingerprint density at radius 3 is 2.44 bits per heavy atom. The first-order valence-corrected chi connectivity index (χ1v) is 8.50. The number of aromatic nitrogens is 1. The first kappa shape index (κ1) is 18.5. The SMILES string of the molecule is O=C(O)CCNC(=O)c1ccc(NC(=O)c2cc3cccc(Cl)c3[nH]2)cc1. The van der Waals surface area contributed by atoms with E-state index in [9.17, 15) is 14.4 Å². The van der Waals surface area contributed by atoms with E-state index in [1.54, 1.807) is 42.5 Å². The molecule has 2 amide bonds. The van der Waals surface area contributed by atoms with Gasteiger partial charge in [0.2, 0.25) is 0 Å². The second-order valence-electron chi connectivity index (χ2n) is 5.82. The van der Waals surface area contributed by atoms with E-state index in [2.05, 4.69) is 15.6 Å². The predicted molar refractivity (Wildman–Crippen MR) is 102 cm³/mol. The molecule has 0 atom stereocenters. The monoisotopic (exact) mass is 385 g/mol. The van der Waals surface area contributed by atoms with Gasteiger partial charge >= 0.3 is 5.97 Å². The molecule has 0 saturated carbocycles. The van der Waals surface area contributed by atoms with Crippen molar-refractivity contribution in [1.82, 2.24) is 10.3 Å². The molecule has 1 aromatic heterocycles. The lowest BCUT2D eigenvalue weighted by Gasteiger charge is -2.06. The maximum atomic E-state index is 12.4. The van der Waals surface area contributed by atoms with Crippen LogP contribution in [0.5, 0.6) is 0 Å². The third-order valence-electron chi connectivity index (χ3n) is 3.88. The minimum Gasteiger partial charge on any atom is -0.481 e. The van der Waals surface area contributed by atoms with Crippen LogP contribution in [0.1, 0.15) is 27.3 Å². The number of halogens is 1. The van der Waals surface area contributed by atoms with E-state index in [0.717, 1.165) is 5.39 Å². The number of amides is 2. The van der Waals surface area contributed by atoms with Gasteiger partial charge in [0.25, 0.3) is 11.8 Å². The van der Waals surface area contributed by atoms with Crippen molar-refractivity contribution in [3.63, 3.8) is 0 Å². The van der Waals surface area contributed by atoms with Crippen molar-refractivity contribution < 1.29 is 19.5 Å². The summed E-state index contributed by atoms with van der Waals surface area (Å²) in [6.07, 6.45) is -0.144. The Kier molecular flexibility index (Phi) is 5.42. The van der Waals surface area contributed by atoms with Crippen LogP contribution in [0, 0.1) is 0 Å². The second kappa shape index (κ2) is 7.92. The van der Waals surface area contributed by atoms with Crippen molar-refractivity contribution >= 4 is 46.0 Å². The number of benzene rings is 2. The van der Waals surface area contributed by atoms with Gasteiger partial charge in [0.1, 0.15) is 5.69 Å². The van der Waals surface area contributed by atoms with Gasteiger partial charge in [-0.05, 0) is 36.4 Å². The largest absolute Gasteiger partial charge is 0.481 e. The number of fused-ring (bicyclic) bond motifs is 1. The molecule has 4 N–H and O–H groups in total. The van der Waals surface area contributed by atoms with Crippen molar-refractivity contribution in [3.8, 4) is 0 Å². The molecule has 1 heterocycles. The van der Waals surface area contributed by atoms with Crippen molar-refractivity contribution in [2.75, 3.05) is 11.9 Å². The van der Waals surface area contributed by atoms with E-state index in [0.29, 0.717) is 27.5 Å². The Morgan fingerprint density at radius 2 is 1.78 bits per heavy atom. The maximum absolute atomic E-state index is 12.4. The summed E-state index contributed by atoms with van der Waals surface area (Å²) in [5, 5.41) is 15.2. The molecule has 0 bridgehead atoms. The van der Waals surface area contributed by atoms with Gasteiger partial charge in [0.15, 0.2) is 0 Å². The molecule has 27 heavy (non-hydrogen) atoms. The molecule has 0 aliphatic rings. The average molecular weight is 386 g/mol. The number of anilines is 1. The summed E-state index contributed by atoms with van der Waals surface area (Å²) >= 11 is 6.10. The zero-order valence-electron chi connectivity index (χ0n) is 14.1. The van der Waals surface area contributed by atoms with Crippen LogP contribution in [0.2, 0.25) is 5.02 Å². The van der Waals surface area contributed by atoms with Crippen LogP contribution in [0.3, 0.4) is 0 Å². The number of aliphatic carboxylic acids is 1. The molecule has 0 spiro atoms. The molecule has 0 unspecified atom stereocenters. The minimum atomic E-state index is -0.980. The number of hydrogen-bond acceptors (Lipinski definition) is 3. The van der Waals surface area contributed by atoms with Gasteiger partial charge in [-0.3, -0.25) is 14.4 Å². The number of rotatable bonds is 6. The van der Waals surface area contributed by atoms with Gasteiger partial charge in [-0.1, -0.05) is 23.7 Å². The smallest absolute Gasteiger partial charge is 0.305 e. The topological polar surface area (TPSA) is 111 Å². The van der Waals surface area contributed by atoms with Crippen LogP contribution < -0.4 is 10.6 Å². The number of hydrogen-bond donors (Lipinski definition) is 4. The zero-order valence-corrected chi connectivity index (χ0v) is 14.8. The van der Waals surface area contributed by atoms with Crippen LogP contribution in [-0.2, 0) is 4.79 Å². The number of para-hydroxylation sites is 1. The molecule has 2 aromatic carbocycles. The quantitative estimate of drug-likeness (QED) is 0.521. The van der Waals surface area contributed by atoms with Crippen LogP contribution in [0.15, 0.2) is 48.5 Å². The maximum Gasteiger partial charge on any atom is 0.305 e. The lowest BCUT2D eigenvalue weighted by atomic mass is 10.2. The van der Waals surface area contributed by atoms with Crippen LogP contribution in [0.25, 0.3) is 10.9 Å². The van der Waals surface area contributed by atoms with Crippen LogP contribution in [0.4, 0.5) is 5.69 Å². The number of nitrogens with one attached hydrogen (secondary N) is 3. The number of carboxylic acids is 1. The van der Waals surface area contributed by atoms with Gasteiger partial charge < -0.3 is 20.7 Å². The van der Waals surface area contributed by atoms with Crippen molar-refractivity contribution in [3.05, 3.63) is 64.8 Å². The molecule has 7 nitrogen and oxygen atoms in total. The molecule has 8 heteroatoms. The lowest BCUT2D eigenvalue weighted by molar-refractivity contribution is -0.136. The predicted octanol–water partition coefficient (Wildman–Crippen LogP) is 3.28. The summed E-state index contributed by atoms with van der Waals surface area (Å²) in [7, 11) is 0. The normalized spacial score (nSPS) is 10.6. The molecule has 0 aliphatic heterocycles. The van der Waals surface area contributed by atoms with Crippen molar-refractivity contribution in [2.45, 2.75) is 6.42 Å². The Hall–Kier alpha value is -3.32. The summed E-state index contributed by atoms with van der Waals surface area (Å²) in [5.74, 6) is -1.69. The lowest BCUT2D eigenvalue weighted by Crippen LogP contribution is -2.25. The first-order valence-electron chi connectivity index (χ1n) is 8.12. The Morgan fingerprint density at radius 1 is 1.04 bits per heavy atom. The second-order valence-corrected chi connectivity index (χ2v) is 6.23. The standard InChI is InChI=1S/C19H16ClN3O4/c20-14-3-1-2-12-10-15(23-17(12)14)19(27)22-13-6-4-11(5-7-13)18(26)21-9-8-16(24)25/h1-7,10,23H,8-9H2,(H,21,26)(H,22,27)(H,24,25). The highest BCUT2D eigenvalue weighted by Crippen LogP contribution is 2.23. The highest BCUT2D eigenvalue weighted by Gasteiger charge is 2.12. The summed E-state index contributed by atoms with van der Waals surface area (Å²) in [6.45, 7) is 0.0512.